The second kappa shape index (κ2) is 5.66. The summed E-state index contributed by atoms with van der Waals surface area (Å²) in [6.07, 6.45) is 3.36. The van der Waals surface area contributed by atoms with Crippen LogP contribution in [0.4, 0.5) is 0 Å². The van der Waals surface area contributed by atoms with Gasteiger partial charge in [-0.15, -0.1) is 10.2 Å². The molecule has 0 bridgehead atoms. The van der Waals surface area contributed by atoms with Gasteiger partial charge in [-0.2, -0.15) is 0 Å². The van der Waals surface area contributed by atoms with Gasteiger partial charge in [0.2, 0.25) is 5.91 Å². The average Bonchev–Trinajstić information content (AvgIpc) is 3.18. The number of fused-ring (bicyclic) bond motifs is 1. The first kappa shape index (κ1) is 15.1. The smallest absolute Gasteiger partial charge is 0.226 e. The first-order valence-corrected chi connectivity index (χ1v) is 9.24. The molecule has 1 saturated heterocycles. The van der Waals surface area contributed by atoms with E-state index in [9.17, 15) is 4.79 Å². The Morgan fingerprint density at radius 1 is 1.12 bits per heavy atom. The minimum atomic E-state index is 0.234. The van der Waals surface area contributed by atoms with Crippen molar-refractivity contribution in [3.05, 3.63) is 36.2 Å². The molecule has 1 aromatic heterocycles. The molecule has 1 amide bonds. The Labute approximate surface area is 147 Å². The maximum Gasteiger partial charge on any atom is 0.226 e. The monoisotopic (exact) mass is 337 g/mol. The molecule has 2 fully saturated rings. The van der Waals surface area contributed by atoms with E-state index in [4.69, 9.17) is 0 Å². The second-order valence-electron chi connectivity index (χ2n) is 7.59. The standard InChI is InChI=1S/C19H23N5O/c25-18(15-12-19(15)6-8-20-9-7-19)23-10-11-24-16(13-23)21-22-17(24)14-4-2-1-3-5-14/h1-5,15,20H,6-13H2. The highest BCUT2D eigenvalue weighted by Crippen LogP contribution is 2.59. The van der Waals surface area contributed by atoms with E-state index >= 15 is 0 Å². The zero-order chi connectivity index (χ0) is 16.9. The molecular weight excluding hydrogens is 314 g/mol. The van der Waals surface area contributed by atoms with Crippen molar-refractivity contribution in [2.45, 2.75) is 32.4 Å². The molecule has 3 aliphatic rings. The largest absolute Gasteiger partial charge is 0.333 e. The summed E-state index contributed by atoms with van der Waals surface area (Å²) in [5.41, 5.74) is 1.37. The van der Waals surface area contributed by atoms with Crippen LogP contribution in [0.2, 0.25) is 0 Å². The number of amides is 1. The van der Waals surface area contributed by atoms with Gasteiger partial charge in [-0.25, -0.2) is 0 Å². The maximum absolute atomic E-state index is 13.0. The van der Waals surface area contributed by atoms with Gasteiger partial charge >= 0.3 is 0 Å². The van der Waals surface area contributed by atoms with E-state index in [0.717, 1.165) is 62.7 Å². The molecular formula is C19H23N5O. The molecule has 1 unspecified atom stereocenters. The molecule has 3 heterocycles. The number of nitrogens with zero attached hydrogens (tertiary/aromatic N) is 4. The number of piperidine rings is 1. The fraction of sp³-hybridized carbons (Fsp3) is 0.526. The number of benzene rings is 1. The number of hydrogen-bond acceptors (Lipinski definition) is 4. The van der Waals surface area contributed by atoms with Crippen molar-refractivity contribution in [1.29, 1.82) is 0 Å². The van der Waals surface area contributed by atoms with Gasteiger partial charge in [0.25, 0.3) is 0 Å². The van der Waals surface area contributed by atoms with Crippen molar-refractivity contribution in [2.75, 3.05) is 19.6 Å². The quantitative estimate of drug-likeness (QED) is 0.906. The number of carbonyl (C=O) groups is 1. The molecule has 1 spiro atoms. The van der Waals surface area contributed by atoms with Crippen LogP contribution in [0.25, 0.3) is 11.4 Å². The van der Waals surface area contributed by atoms with Crippen LogP contribution in [-0.2, 0) is 17.9 Å². The van der Waals surface area contributed by atoms with Crippen LogP contribution in [0.5, 0.6) is 0 Å². The fourth-order valence-electron chi connectivity index (χ4n) is 4.54. The van der Waals surface area contributed by atoms with Crippen molar-refractivity contribution in [2.24, 2.45) is 11.3 Å². The van der Waals surface area contributed by atoms with Crippen LogP contribution in [0.1, 0.15) is 25.1 Å². The van der Waals surface area contributed by atoms with E-state index in [1.54, 1.807) is 0 Å². The Kier molecular flexibility index (Phi) is 3.41. The third-order valence-electron chi connectivity index (χ3n) is 6.18. The van der Waals surface area contributed by atoms with Crippen LogP contribution in [0, 0.1) is 11.3 Å². The molecule has 1 aliphatic carbocycles. The van der Waals surface area contributed by atoms with Gasteiger partial charge < -0.3 is 14.8 Å². The molecule has 1 saturated carbocycles. The van der Waals surface area contributed by atoms with Gasteiger partial charge in [-0.1, -0.05) is 30.3 Å². The molecule has 5 rings (SSSR count). The SMILES string of the molecule is O=C(C1CC12CCNCC2)N1CCn2c(nnc2-c2ccccc2)C1. The third kappa shape index (κ3) is 2.47. The van der Waals surface area contributed by atoms with Crippen LogP contribution < -0.4 is 5.32 Å². The summed E-state index contributed by atoms with van der Waals surface area (Å²) in [5.74, 6) is 2.37. The van der Waals surface area contributed by atoms with E-state index in [1.807, 2.05) is 23.1 Å². The Hall–Kier alpha value is -2.21. The molecule has 2 aliphatic heterocycles. The predicted octanol–water partition coefficient (Wildman–Crippen LogP) is 1.68. The minimum Gasteiger partial charge on any atom is -0.333 e. The molecule has 130 valence electrons. The summed E-state index contributed by atoms with van der Waals surface area (Å²) in [4.78, 5) is 15.0. The lowest BCUT2D eigenvalue weighted by Crippen LogP contribution is -2.41. The average molecular weight is 337 g/mol. The first-order valence-electron chi connectivity index (χ1n) is 9.24. The number of rotatable bonds is 2. The highest BCUT2D eigenvalue weighted by atomic mass is 16.2. The van der Waals surface area contributed by atoms with Gasteiger partial charge in [0.05, 0.1) is 6.54 Å². The van der Waals surface area contributed by atoms with Crippen LogP contribution in [-0.4, -0.2) is 45.2 Å². The summed E-state index contributed by atoms with van der Waals surface area (Å²) >= 11 is 0. The molecule has 25 heavy (non-hydrogen) atoms. The Balaban J connectivity index is 1.32. The fourth-order valence-corrected chi connectivity index (χ4v) is 4.54. The van der Waals surface area contributed by atoms with Gasteiger partial charge in [0.1, 0.15) is 0 Å². The van der Waals surface area contributed by atoms with Gasteiger partial charge in [-0.05, 0) is 37.8 Å². The summed E-state index contributed by atoms with van der Waals surface area (Å²) in [6.45, 7) is 4.23. The molecule has 6 nitrogen and oxygen atoms in total. The van der Waals surface area contributed by atoms with E-state index in [-0.39, 0.29) is 5.92 Å². The molecule has 0 radical (unpaired) electrons. The van der Waals surface area contributed by atoms with Crippen molar-refractivity contribution in [3.63, 3.8) is 0 Å². The zero-order valence-electron chi connectivity index (χ0n) is 14.3. The predicted molar refractivity (Wildman–Crippen MR) is 93.5 cm³/mol. The lowest BCUT2D eigenvalue weighted by atomic mass is 9.91. The Morgan fingerprint density at radius 3 is 2.72 bits per heavy atom. The normalized spacial score (nSPS) is 24.2. The lowest BCUT2D eigenvalue weighted by molar-refractivity contribution is -0.135. The summed E-state index contributed by atoms with van der Waals surface area (Å²) in [7, 11) is 0. The van der Waals surface area contributed by atoms with Crippen molar-refractivity contribution in [3.8, 4) is 11.4 Å². The number of nitrogens with one attached hydrogen (secondary N) is 1. The van der Waals surface area contributed by atoms with Gasteiger partial charge in [-0.3, -0.25) is 4.79 Å². The molecule has 2 aromatic rings. The van der Waals surface area contributed by atoms with E-state index in [2.05, 4.69) is 32.2 Å². The number of aromatic nitrogens is 3. The van der Waals surface area contributed by atoms with Crippen molar-refractivity contribution >= 4 is 5.91 Å². The third-order valence-corrected chi connectivity index (χ3v) is 6.18. The Bertz CT molecular complexity index is 793. The van der Waals surface area contributed by atoms with E-state index < -0.39 is 0 Å². The summed E-state index contributed by atoms with van der Waals surface area (Å²) < 4.78 is 2.16. The lowest BCUT2D eigenvalue weighted by Gasteiger charge is -2.30. The highest BCUT2D eigenvalue weighted by molar-refractivity contribution is 5.82. The first-order chi connectivity index (χ1) is 12.3. The van der Waals surface area contributed by atoms with Gasteiger partial charge in [0.15, 0.2) is 11.6 Å². The topological polar surface area (TPSA) is 63.1 Å². The van der Waals surface area contributed by atoms with E-state index in [0.29, 0.717) is 17.9 Å². The van der Waals surface area contributed by atoms with Crippen molar-refractivity contribution in [1.82, 2.24) is 25.0 Å². The minimum absolute atomic E-state index is 0.234. The van der Waals surface area contributed by atoms with Gasteiger partial charge in [0, 0.05) is 24.6 Å². The Morgan fingerprint density at radius 2 is 1.92 bits per heavy atom. The zero-order valence-corrected chi connectivity index (χ0v) is 14.3. The molecule has 1 N–H and O–H groups in total. The van der Waals surface area contributed by atoms with Crippen LogP contribution >= 0.6 is 0 Å². The maximum atomic E-state index is 13.0. The second-order valence-corrected chi connectivity index (χ2v) is 7.59. The molecule has 6 heteroatoms. The number of hydrogen-bond donors (Lipinski definition) is 1. The summed E-state index contributed by atoms with van der Waals surface area (Å²) in [5, 5.41) is 12.1. The van der Waals surface area contributed by atoms with Crippen LogP contribution in [0.3, 0.4) is 0 Å². The van der Waals surface area contributed by atoms with Crippen LogP contribution in [0.15, 0.2) is 30.3 Å². The number of carbonyl (C=O) groups excluding carboxylic acids is 1. The highest BCUT2D eigenvalue weighted by Gasteiger charge is 2.58. The van der Waals surface area contributed by atoms with Crippen molar-refractivity contribution < 1.29 is 4.79 Å². The summed E-state index contributed by atoms with van der Waals surface area (Å²) in [6, 6.07) is 10.1. The van der Waals surface area contributed by atoms with E-state index in [1.165, 1.54) is 0 Å². The molecule has 1 aromatic carbocycles. The molecule has 1 atom stereocenters.